The average molecular weight is 405 g/mol. The predicted molar refractivity (Wildman–Crippen MR) is 113 cm³/mol. The lowest BCUT2D eigenvalue weighted by atomic mass is 9.65. The van der Waals surface area contributed by atoms with Gasteiger partial charge in [0.15, 0.2) is 0 Å². The van der Waals surface area contributed by atoms with Crippen molar-refractivity contribution in [3.8, 4) is 0 Å². The highest BCUT2D eigenvalue weighted by atomic mass is 35.5. The van der Waals surface area contributed by atoms with E-state index < -0.39 is 15.5 Å². The smallest absolute Gasteiger partial charge is 0.119 e. The number of halogens is 1. The van der Waals surface area contributed by atoms with Gasteiger partial charge < -0.3 is 5.11 Å². The van der Waals surface area contributed by atoms with Crippen molar-refractivity contribution in [2.45, 2.75) is 55.1 Å². The van der Waals surface area contributed by atoms with Gasteiger partial charge in [0.1, 0.15) is 4.71 Å². The number of rotatable bonds is 7. The van der Waals surface area contributed by atoms with Gasteiger partial charge in [-0.1, -0.05) is 67.3 Å². The molecular formula is C23H29ClO2S. The van der Waals surface area contributed by atoms with Crippen LogP contribution in [0.1, 0.15) is 43.2 Å². The van der Waals surface area contributed by atoms with Crippen molar-refractivity contribution < 1.29 is 9.32 Å². The highest BCUT2D eigenvalue weighted by Gasteiger charge is 2.47. The van der Waals surface area contributed by atoms with Crippen LogP contribution in [0.5, 0.6) is 0 Å². The van der Waals surface area contributed by atoms with E-state index in [9.17, 15) is 9.32 Å². The van der Waals surface area contributed by atoms with Crippen LogP contribution < -0.4 is 0 Å². The Bertz CT molecular complexity index is 739. The number of alkyl halides is 1. The Morgan fingerprint density at radius 2 is 1.67 bits per heavy atom. The van der Waals surface area contributed by atoms with Crippen LogP contribution in [0.25, 0.3) is 0 Å². The molecule has 2 aromatic rings. The topological polar surface area (TPSA) is 37.3 Å². The Kier molecular flexibility index (Phi) is 7.13. The predicted octanol–water partition coefficient (Wildman–Crippen LogP) is 5.47. The average Bonchev–Trinajstić information content (AvgIpc) is 2.72. The van der Waals surface area contributed by atoms with Crippen molar-refractivity contribution >= 4 is 22.4 Å². The molecule has 0 saturated heterocycles. The molecule has 4 heteroatoms. The molecule has 2 nitrogen and oxygen atoms in total. The van der Waals surface area contributed by atoms with Crippen molar-refractivity contribution in [2.24, 2.45) is 11.3 Å². The van der Waals surface area contributed by atoms with E-state index in [0.717, 1.165) is 42.6 Å². The lowest BCUT2D eigenvalue weighted by molar-refractivity contribution is 0.0609. The summed E-state index contributed by atoms with van der Waals surface area (Å²) in [6, 6.07) is 18.1. The fraction of sp³-hybridized carbons (Fsp3) is 0.478. The highest BCUT2D eigenvalue weighted by molar-refractivity contribution is 7.87. The first-order valence-electron chi connectivity index (χ1n) is 9.83. The van der Waals surface area contributed by atoms with E-state index in [4.69, 9.17) is 11.6 Å². The molecule has 0 aliphatic heterocycles. The van der Waals surface area contributed by atoms with Crippen molar-refractivity contribution in [3.63, 3.8) is 0 Å². The molecule has 2 aromatic carbocycles. The molecule has 0 spiro atoms. The molecule has 1 aliphatic carbocycles. The molecule has 1 unspecified atom stereocenters. The lowest BCUT2D eigenvalue weighted by Crippen LogP contribution is -2.45. The minimum atomic E-state index is -1.30. The van der Waals surface area contributed by atoms with Crippen LogP contribution in [-0.2, 0) is 17.2 Å². The van der Waals surface area contributed by atoms with Crippen LogP contribution in [-0.4, -0.2) is 20.6 Å². The maximum absolute atomic E-state index is 13.3. The number of aliphatic hydroxyl groups is 1. The number of benzene rings is 2. The maximum atomic E-state index is 13.3. The van der Waals surface area contributed by atoms with Crippen molar-refractivity contribution in [1.82, 2.24) is 0 Å². The molecule has 146 valence electrons. The molecule has 3 rings (SSSR count). The third-order valence-electron chi connectivity index (χ3n) is 6.04. The fourth-order valence-corrected chi connectivity index (χ4v) is 6.59. The zero-order chi connectivity index (χ0) is 19.3. The third-order valence-corrected chi connectivity index (χ3v) is 8.54. The van der Waals surface area contributed by atoms with Gasteiger partial charge in [0.25, 0.3) is 0 Å². The van der Waals surface area contributed by atoms with Crippen LogP contribution in [0.4, 0.5) is 0 Å². The Balaban J connectivity index is 1.90. The number of hydrogen-bond acceptors (Lipinski definition) is 2. The Morgan fingerprint density at radius 3 is 2.26 bits per heavy atom. The summed E-state index contributed by atoms with van der Waals surface area (Å²) in [7, 11) is -1.30. The first kappa shape index (κ1) is 20.6. The van der Waals surface area contributed by atoms with E-state index in [-0.39, 0.29) is 17.9 Å². The molecule has 0 amide bonds. The summed E-state index contributed by atoms with van der Waals surface area (Å²) in [5.41, 5.74) is 2.04. The maximum Gasteiger partial charge on any atom is 0.119 e. The summed E-state index contributed by atoms with van der Waals surface area (Å²) in [5, 5.41) is 10.3. The van der Waals surface area contributed by atoms with Crippen LogP contribution in [0, 0.1) is 18.3 Å². The highest BCUT2D eigenvalue weighted by Crippen LogP contribution is 2.50. The van der Waals surface area contributed by atoms with E-state index in [1.54, 1.807) is 0 Å². The summed E-state index contributed by atoms with van der Waals surface area (Å²) < 4.78 is 12.8. The molecule has 0 radical (unpaired) electrons. The van der Waals surface area contributed by atoms with Crippen molar-refractivity contribution in [2.75, 3.05) is 6.61 Å². The largest absolute Gasteiger partial charge is 0.396 e. The van der Waals surface area contributed by atoms with Crippen LogP contribution in [0.15, 0.2) is 59.5 Å². The van der Waals surface area contributed by atoms with Gasteiger partial charge in [0.05, 0.1) is 10.8 Å². The molecule has 1 aliphatic rings. The third kappa shape index (κ3) is 4.64. The first-order valence-corrected chi connectivity index (χ1v) is 11.5. The summed E-state index contributed by atoms with van der Waals surface area (Å²) in [5.74, 6) is 0.0112. The van der Waals surface area contributed by atoms with Gasteiger partial charge in [0.2, 0.25) is 0 Å². The normalized spacial score (nSPS) is 20.0. The van der Waals surface area contributed by atoms with Gasteiger partial charge in [-0.25, -0.2) is 0 Å². The van der Waals surface area contributed by atoms with E-state index in [0.29, 0.717) is 0 Å². The van der Waals surface area contributed by atoms with Crippen LogP contribution in [0.3, 0.4) is 0 Å². The molecule has 1 fully saturated rings. The van der Waals surface area contributed by atoms with Crippen LogP contribution in [0.2, 0.25) is 0 Å². The van der Waals surface area contributed by atoms with E-state index in [2.05, 4.69) is 12.1 Å². The number of hydrogen-bond donors (Lipinski definition) is 1. The van der Waals surface area contributed by atoms with Crippen molar-refractivity contribution in [3.05, 3.63) is 65.7 Å². The monoisotopic (exact) mass is 404 g/mol. The quantitative estimate of drug-likeness (QED) is 0.621. The minimum absolute atomic E-state index is 0.0112. The van der Waals surface area contributed by atoms with Gasteiger partial charge in [0, 0.05) is 16.9 Å². The summed E-state index contributed by atoms with van der Waals surface area (Å²) in [6.45, 7) is 2.10. The second-order valence-corrected chi connectivity index (χ2v) is 10.0. The molecule has 1 N–H and O–H groups in total. The minimum Gasteiger partial charge on any atom is -0.396 e. The Hall–Kier alpha value is -1.16. The van der Waals surface area contributed by atoms with Crippen molar-refractivity contribution in [1.29, 1.82) is 0 Å². The van der Waals surface area contributed by atoms with Gasteiger partial charge in [-0.3, -0.25) is 4.21 Å². The Labute approximate surface area is 170 Å². The second-order valence-electron chi connectivity index (χ2n) is 7.79. The standard InChI is InChI=1S/C23H29ClO2S/c1-18-10-12-21(13-11-18)27(26)22(24)23(14-6-3-7-15-23)20(17-25)16-19-8-4-2-5-9-19/h2,4-5,8-13,20,22,25H,3,6-7,14-17H2,1H3/t20-,22+,27?/m0/s1. The van der Waals surface area contributed by atoms with Crippen LogP contribution >= 0.6 is 11.6 Å². The molecule has 0 aromatic heterocycles. The number of aryl methyl sites for hydroxylation is 1. The molecule has 0 heterocycles. The molecule has 3 atom stereocenters. The van der Waals surface area contributed by atoms with Gasteiger partial charge >= 0.3 is 0 Å². The lowest BCUT2D eigenvalue weighted by Gasteiger charge is -2.46. The summed E-state index contributed by atoms with van der Waals surface area (Å²) in [4.78, 5) is 0.780. The summed E-state index contributed by atoms with van der Waals surface area (Å²) >= 11 is 6.97. The van der Waals surface area contributed by atoms with Gasteiger partial charge in [-0.15, -0.1) is 11.6 Å². The molecule has 27 heavy (non-hydrogen) atoms. The molecule has 0 bridgehead atoms. The zero-order valence-electron chi connectivity index (χ0n) is 15.9. The van der Waals surface area contributed by atoms with Gasteiger partial charge in [-0.2, -0.15) is 0 Å². The number of aliphatic hydroxyl groups excluding tert-OH is 1. The summed E-state index contributed by atoms with van der Waals surface area (Å²) in [6.07, 6.45) is 5.98. The molecular weight excluding hydrogens is 376 g/mol. The Morgan fingerprint density at radius 1 is 1.04 bits per heavy atom. The zero-order valence-corrected chi connectivity index (χ0v) is 17.5. The van der Waals surface area contributed by atoms with E-state index in [1.165, 1.54) is 12.0 Å². The second kappa shape index (κ2) is 9.36. The first-order chi connectivity index (χ1) is 13.1. The molecule has 1 saturated carbocycles. The van der Waals surface area contributed by atoms with E-state index >= 15 is 0 Å². The van der Waals surface area contributed by atoms with E-state index in [1.807, 2.05) is 49.4 Å². The fourth-order valence-electron chi connectivity index (χ4n) is 4.38. The SMILES string of the molecule is Cc1ccc(S(=O)[C@@H](Cl)C2([C@H](CO)Cc3ccccc3)CCCCC2)cc1. The van der Waals surface area contributed by atoms with Gasteiger partial charge in [-0.05, 0) is 49.8 Å².